The molecule has 144 valence electrons. The summed E-state index contributed by atoms with van der Waals surface area (Å²) in [5, 5.41) is 7.12. The van der Waals surface area contributed by atoms with Crippen LogP contribution in [0.5, 0.6) is 0 Å². The number of nitrogens with zero attached hydrogens (tertiary/aromatic N) is 2. The number of nitrogens with one attached hydrogen (secondary N) is 1. The fourth-order valence-corrected chi connectivity index (χ4v) is 5.97. The third-order valence-corrected chi connectivity index (χ3v) is 7.30. The Labute approximate surface area is 159 Å². The highest BCUT2D eigenvalue weighted by molar-refractivity contribution is 5.96. The fraction of sp³-hybridized carbons (Fsp3) is 0.667. The number of hydrogen-bond acceptors (Lipinski definition) is 4. The van der Waals surface area contributed by atoms with Gasteiger partial charge in [-0.15, -0.1) is 0 Å². The molecule has 1 N–H and O–H groups in total. The highest BCUT2D eigenvalue weighted by Gasteiger charge is 2.47. The van der Waals surface area contributed by atoms with E-state index >= 15 is 0 Å². The Morgan fingerprint density at radius 2 is 1.89 bits per heavy atom. The van der Waals surface area contributed by atoms with Crippen LogP contribution in [-0.2, 0) is 4.79 Å². The van der Waals surface area contributed by atoms with Crippen molar-refractivity contribution in [3.63, 3.8) is 0 Å². The number of aromatic nitrogens is 1. The summed E-state index contributed by atoms with van der Waals surface area (Å²) in [4.78, 5) is 27.9. The van der Waals surface area contributed by atoms with Gasteiger partial charge in [0.2, 0.25) is 5.91 Å². The Morgan fingerprint density at radius 3 is 2.44 bits per heavy atom. The van der Waals surface area contributed by atoms with E-state index in [2.05, 4.69) is 27.5 Å². The van der Waals surface area contributed by atoms with Crippen LogP contribution in [0.15, 0.2) is 16.7 Å². The van der Waals surface area contributed by atoms with Gasteiger partial charge in [-0.2, -0.15) is 0 Å². The van der Waals surface area contributed by atoms with Crippen LogP contribution in [0.1, 0.15) is 47.5 Å². The lowest BCUT2D eigenvalue weighted by atomic mass is 9.88. The molecular weight excluding hydrogens is 342 g/mol. The predicted octanol–water partition coefficient (Wildman–Crippen LogP) is 2.47. The third-order valence-electron chi connectivity index (χ3n) is 7.30. The zero-order valence-corrected chi connectivity index (χ0v) is 16.0. The van der Waals surface area contributed by atoms with E-state index in [1.54, 1.807) is 13.8 Å². The van der Waals surface area contributed by atoms with Crippen LogP contribution in [0.25, 0.3) is 0 Å². The minimum absolute atomic E-state index is 0.0915. The molecule has 0 aromatic carbocycles. The maximum Gasteiger partial charge on any atom is 0.257 e. The number of carbonyl (C=O) groups excluding carboxylic acids is 2. The Balaban J connectivity index is 1.26. The minimum atomic E-state index is -0.0915. The van der Waals surface area contributed by atoms with Gasteiger partial charge in [-0.25, -0.2) is 0 Å². The largest absolute Gasteiger partial charge is 0.361 e. The van der Waals surface area contributed by atoms with Crippen LogP contribution in [-0.4, -0.2) is 41.0 Å². The number of allylic oxidation sites excluding steroid dienone is 2. The second-order valence-electron chi connectivity index (χ2n) is 8.93. The summed E-state index contributed by atoms with van der Waals surface area (Å²) < 4.78 is 5.14. The van der Waals surface area contributed by atoms with E-state index in [-0.39, 0.29) is 17.9 Å². The summed E-state index contributed by atoms with van der Waals surface area (Å²) >= 11 is 0. The molecule has 4 aliphatic rings. The van der Waals surface area contributed by atoms with Gasteiger partial charge in [0.1, 0.15) is 11.3 Å². The van der Waals surface area contributed by atoms with Gasteiger partial charge in [-0.05, 0) is 63.2 Å². The molecule has 5 rings (SSSR count). The maximum absolute atomic E-state index is 13.1. The van der Waals surface area contributed by atoms with Crippen molar-refractivity contribution in [1.29, 1.82) is 0 Å². The fourth-order valence-electron chi connectivity index (χ4n) is 5.97. The van der Waals surface area contributed by atoms with E-state index in [0.29, 0.717) is 46.6 Å². The quantitative estimate of drug-likeness (QED) is 0.831. The number of hydrogen-bond donors (Lipinski definition) is 1. The average molecular weight is 369 g/mol. The molecule has 4 bridgehead atoms. The first kappa shape index (κ1) is 17.0. The van der Waals surface area contributed by atoms with Crippen LogP contribution in [0.4, 0.5) is 0 Å². The summed E-state index contributed by atoms with van der Waals surface area (Å²) in [6.07, 6.45) is 8.89. The molecule has 2 saturated carbocycles. The van der Waals surface area contributed by atoms with E-state index in [0.717, 1.165) is 38.8 Å². The molecule has 6 nitrogen and oxygen atoms in total. The molecular formula is C21H27N3O3. The van der Waals surface area contributed by atoms with Crippen molar-refractivity contribution >= 4 is 11.8 Å². The second-order valence-corrected chi connectivity index (χ2v) is 8.93. The van der Waals surface area contributed by atoms with Crippen molar-refractivity contribution in [2.45, 2.75) is 45.6 Å². The molecule has 2 heterocycles. The summed E-state index contributed by atoms with van der Waals surface area (Å²) in [5.41, 5.74) is 1.19. The van der Waals surface area contributed by atoms with E-state index in [9.17, 15) is 9.59 Å². The normalized spacial score (nSPS) is 36.4. The topological polar surface area (TPSA) is 75.4 Å². The van der Waals surface area contributed by atoms with Gasteiger partial charge in [-0.3, -0.25) is 9.59 Å². The molecule has 6 atom stereocenters. The lowest BCUT2D eigenvalue weighted by Crippen LogP contribution is -2.55. The minimum Gasteiger partial charge on any atom is -0.361 e. The lowest BCUT2D eigenvalue weighted by molar-refractivity contribution is -0.138. The first-order chi connectivity index (χ1) is 13.0. The van der Waals surface area contributed by atoms with Gasteiger partial charge in [0.15, 0.2) is 0 Å². The van der Waals surface area contributed by atoms with Crippen LogP contribution in [0.2, 0.25) is 0 Å². The van der Waals surface area contributed by atoms with Crippen LogP contribution in [0.3, 0.4) is 0 Å². The standard InChI is InChI=1S/C21H27N3O3/c1-11-18(12(2)27-23-11)20(25)22-19-15-5-6-16(19)10-24(9-15)21(26)17-8-13-3-4-14(17)7-13/h3-4,13-17,19H,5-10H2,1-2H3,(H,22,25)/t13-,14+,15-,16+,17+,19?/m1/s1. The van der Waals surface area contributed by atoms with Gasteiger partial charge in [0.05, 0.1) is 5.69 Å². The molecule has 2 amide bonds. The zero-order chi connectivity index (χ0) is 18.7. The second kappa shape index (κ2) is 6.21. The van der Waals surface area contributed by atoms with Crippen molar-refractivity contribution in [1.82, 2.24) is 15.4 Å². The van der Waals surface area contributed by atoms with E-state index in [1.807, 2.05) is 0 Å². The van der Waals surface area contributed by atoms with Gasteiger partial charge in [0, 0.05) is 25.0 Å². The summed E-state index contributed by atoms with van der Waals surface area (Å²) in [6.45, 7) is 5.12. The number of amides is 2. The third kappa shape index (κ3) is 2.72. The van der Waals surface area contributed by atoms with Crippen molar-refractivity contribution in [2.24, 2.45) is 29.6 Å². The smallest absolute Gasteiger partial charge is 0.257 e. The average Bonchev–Trinajstić information content (AvgIpc) is 3.39. The Kier molecular flexibility index (Phi) is 3.92. The molecule has 1 aromatic heterocycles. The van der Waals surface area contributed by atoms with Crippen molar-refractivity contribution in [2.75, 3.05) is 13.1 Å². The Morgan fingerprint density at radius 1 is 1.15 bits per heavy atom. The number of piperidine rings is 1. The monoisotopic (exact) mass is 369 g/mol. The number of aryl methyl sites for hydroxylation is 2. The molecule has 0 radical (unpaired) electrons. The molecule has 3 fully saturated rings. The molecule has 0 spiro atoms. The maximum atomic E-state index is 13.1. The molecule has 27 heavy (non-hydrogen) atoms. The van der Waals surface area contributed by atoms with E-state index < -0.39 is 0 Å². The van der Waals surface area contributed by atoms with Crippen LogP contribution < -0.4 is 5.32 Å². The van der Waals surface area contributed by atoms with Crippen LogP contribution >= 0.6 is 0 Å². The van der Waals surface area contributed by atoms with Gasteiger partial charge >= 0.3 is 0 Å². The number of fused-ring (bicyclic) bond motifs is 4. The molecule has 1 aliphatic heterocycles. The zero-order valence-electron chi connectivity index (χ0n) is 16.0. The van der Waals surface area contributed by atoms with Crippen LogP contribution in [0, 0.1) is 43.4 Å². The Hall–Kier alpha value is -2.11. The number of carbonyl (C=O) groups is 2. The van der Waals surface area contributed by atoms with E-state index in [1.165, 1.54) is 0 Å². The SMILES string of the molecule is Cc1noc(C)c1C(=O)NC1[C@@H]2CC[C@H]1CN(C(=O)[C@H]1C[C@@H]3C=C[C@H]1C3)C2. The number of likely N-dealkylation sites (tertiary alicyclic amines) is 1. The molecule has 1 unspecified atom stereocenters. The molecule has 3 aliphatic carbocycles. The Bertz CT molecular complexity index is 780. The van der Waals surface area contributed by atoms with Gasteiger partial charge in [-0.1, -0.05) is 17.3 Å². The predicted molar refractivity (Wildman–Crippen MR) is 98.9 cm³/mol. The van der Waals surface area contributed by atoms with E-state index in [4.69, 9.17) is 4.52 Å². The highest BCUT2D eigenvalue weighted by Crippen LogP contribution is 2.45. The summed E-state index contributed by atoms with van der Waals surface area (Å²) in [6, 6.07) is 0.148. The molecule has 1 saturated heterocycles. The van der Waals surface area contributed by atoms with Crippen molar-refractivity contribution in [3.05, 3.63) is 29.2 Å². The molecule has 1 aromatic rings. The van der Waals surface area contributed by atoms with Gasteiger partial charge < -0.3 is 14.7 Å². The first-order valence-electron chi connectivity index (χ1n) is 10.2. The summed E-state index contributed by atoms with van der Waals surface area (Å²) in [7, 11) is 0. The number of rotatable bonds is 3. The lowest BCUT2D eigenvalue weighted by Gasteiger charge is -2.40. The van der Waals surface area contributed by atoms with Crippen molar-refractivity contribution in [3.8, 4) is 0 Å². The van der Waals surface area contributed by atoms with Gasteiger partial charge in [0.25, 0.3) is 5.91 Å². The summed E-state index contributed by atoms with van der Waals surface area (Å²) in [5.74, 6) is 2.79. The molecule has 6 heteroatoms. The highest BCUT2D eigenvalue weighted by atomic mass is 16.5. The first-order valence-corrected chi connectivity index (χ1v) is 10.2. The van der Waals surface area contributed by atoms with Crippen molar-refractivity contribution < 1.29 is 14.1 Å².